The van der Waals surface area contributed by atoms with Gasteiger partial charge >= 0.3 is 0 Å². The van der Waals surface area contributed by atoms with E-state index in [4.69, 9.17) is 0 Å². The van der Waals surface area contributed by atoms with Crippen molar-refractivity contribution in [3.8, 4) is 0 Å². The molecular formula is C19H24N2O. The molecule has 1 amide bonds. The largest absolute Gasteiger partial charge is 0.355 e. The summed E-state index contributed by atoms with van der Waals surface area (Å²) in [5.41, 5.74) is 2.32. The molecular weight excluding hydrogens is 272 g/mol. The number of carbonyl (C=O) groups excluding carboxylic acids is 1. The summed E-state index contributed by atoms with van der Waals surface area (Å²) < 4.78 is 0. The van der Waals surface area contributed by atoms with Crippen LogP contribution in [0.1, 0.15) is 31.0 Å². The van der Waals surface area contributed by atoms with E-state index in [2.05, 4.69) is 48.7 Å². The normalized spacial score (nSPS) is 10.9. The number of amides is 1. The fourth-order valence-electron chi connectivity index (χ4n) is 2.29. The average molecular weight is 296 g/mol. The number of carbonyl (C=O) groups is 1. The molecule has 0 aromatic heterocycles. The molecule has 0 aliphatic carbocycles. The van der Waals surface area contributed by atoms with Crippen molar-refractivity contribution in [3.63, 3.8) is 0 Å². The van der Waals surface area contributed by atoms with Crippen molar-refractivity contribution >= 4 is 5.91 Å². The SMILES string of the molecule is CC(C)CNC(=O)CNC(c1ccccc1)c1ccccc1. The molecule has 2 aromatic carbocycles. The van der Waals surface area contributed by atoms with E-state index in [1.165, 1.54) is 0 Å². The van der Waals surface area contributed by atoms with Crippen LogP contribution >= 0.6 is 0 Å². The van der Waals surface area contributed by atoms with E-state index >= 15 is 0 Å². The highest BCUT2D eigenvalue weighted by Crippen LogP contribution is 2.21. The zero-order valence-corrected chi connectivity index (χ0v) is 13.3. The first-order chi connectivity index (χ1) is 10.7. The first-order valence-electron chi connectivity index (χ1n) is 7.77. The third-order valence-electron chi connectivity index (χ3n) is 3.44. The summed E-state index contributed by atoms with van der Waals surface area (Å²) in [6, 6.07) is 20.4. The first kappa shape index (κ1) is 16.2. The highest BCUT2D eigenvalue weighted by atomic mass is 16.1. The van der Waals surface area contributed by atoms with Gasteiger partial charge in [0, 0.05) is 6.54 Å². The highest BCUT2D eigenvalue weighted by Gasteiger charge is 2.14. The van der Waals surface area contributed by atoms with E-state index in [-0.39, 0.29) is 11.9 Å². The first-order valence-corrected chi connectivity index (χ1v) is 7.77. The zero-order valence-electron chi connectivity index (χ0n) is 13.3. The standard InChI is InChI=1S/C19H24N2O/c1-15(2)13-20-18(22)14-21-19(16-9-5-3-6-10-16)17-11-7-4-8-12-17/h3-12,15,19,21H,13-14H2,1-2H3,(H,20,22). The van der Waals surface area contributed by atoms with E-state index < -0.39 is 0 Å². The molecule has 2 N–H and O–H groups in total. The van der Waals surface area contributed by atoms with Crippen LogP contribution in [0.4, 0.5) is 0 Å². The van der Waals surface area contributed by atoms with Gasteiger partial charge in [-0.05, 0) is 17.0 Å². The second-order valence-electron chi connectivity index (χ2n) is 5.83. The molecule has 0 bridgehead atoms. The lowest BCUT2D eigenvalue weighted by Crippen LogP contribution is -2.37. The summed E-state index contributed by atoms with van der Waals surface area (Å²) in [6.45, 7) is 5.19. The molecule has 0 aliphatic rings. The smallest absolute Gasteiger partial charge is 0.233 e. The molecule has 0 unspecified atom stereocenters. The summed E-state index contributed by atoms with van der Waals surface area (Å²) >= 11 is 0. The van der Waals surface area contributed by atoms with Crippen LogP contribution in [0.3, 0.4) is 0 Å². The molecule has 0 aliphatic heterocycles. The minimum Gasteiger partial charge on any atom is -0.355 e. The Morgan fingerprint density at radius 2 is 1.41 bits per heavy atom. The number of hydrogen-bond acceptors (Lipinski definition) is 2. The Balaban J connectivity index is 2.05. The summed E-state index contributed by atoms with van der Waals surface area (Å²) in [5, 5.41) is 6.30. The number of hydrogen-bond donors (Lipinski definition) is 2. The quantitative estimate of drug-likeness (QED) is 0.824. The van der Waals surface area contributed by atoms with Gasteiger partial charge < -0.3 is 5.32 Å². The van der Waals surface area contributed by atoms with Gasteiger partial charge in [0.2, 0.25) is 5.91 Å². The van der Waals surface area contributed by atoms with Crippen molar-refractivity contribution in [2.45, 2.75) is 19.9 Å². The average Bonchev–Trinajstić information content (AvgIpc) is 2.55. The molecule has 2 rings (SSSR count). The van der Waals surface area contributed by atoms with Crippen LogP contribution in [0.15, 0.2) is 60.7 Å². The Morgan fingerprint density at radius 3 is 1.86 bits per heavy atom. The molecule has 2 aromatic rings. The number of nitrogens with one attached hydrogen (secondary N) is 2. The molecule has 116 valence electrons. The van der Waals surface area contributed by atoms with Crippen LogP contribution in [-0.4, -0.2) is 19.0 Å². The van der Waals surface area contributed by atoms with Gasteiger partial charge in [-0.3, -0.25) is 10.1 Å². The van der Waals surface area contributed by atoms with Crippen molar-refractivity contribution < 1.29 is 4.79 Å². The molecule has 3 heteroatoms. The lowest BCUT2D eigenvalue weighted by molar-refractivity contribution is -0.120. The van der Waals surface area contributed by atoms with Crippen molar-refractivity contribution in [1.29, 1.82) is 0 Å². The Hall–Kier alpha value is -2.13. The summed E-state index contributed by atoms with van der Waals surface area (Å²) in [4.78, 5) is 11.9. The summed E-state index contributed by atoms with van der Waals surface area (Å²) in [5.74, 6) is 0.494. The number of benzene rings is 2. The molecule has 0 saturated heterocycles. The predicted molar refractivity (Wildman–Crippen MR) is 90.6 cm³/mol. The van der Waals surface area contributed by atoms with Crippen molar-refractivity contribution in [2.75, 3.05) is 13.1 Å². The van der Waals surface area contributed by atoms with Gasteiger partial charge in [0.1, 0.15) is 0 Å². The van der Waals surface area contributed by atoms with Gasteiger partial charge in [0.05, 0.1) is 12.6 Å². The molecule has 22 heavy (non-hydrogen) atoms. The fourth-order valence-corrected chi connectivity index (χ4v) is 2.29. The van der Waals surface area contributed by atoms with Crippen LogP contribution in [0.2, 0.25) is 0 Å². The van der Waals surface area contributed by atoms with Gasteiger partial charge in [0.15, 0.2) is 0 Å². The van der Waals surface area contributed by atoms with Crippen molar-refractivity contribution in [2.24, 2.45) is 5.92 Å². The van der Waals surface area contributed by atoms with Gasteiger partial charge in [-0.15, -0.1) is 0 Å². The van der Waals surface area contributed by atoms with E-state index in [9.17, 15) is 4.79 Å². The van der Waals surface area contributed by atoms with Crippen LogP contribution in [0.25, 0.3) is 0 Å². The minimum atomic E-state index is 0.0206. The maximum atomic E-state index is 11.9. The topological polar surface area (TPSA) is 41.1 Å². The van der Waals surface area contributed by atoms with Crippen LogP contribution in [0.5, 0.6) is 0 Å². The molecule has 0 fully saturated rings. The molecule has 3 nitrogen and oxygen atoms in total. The summed E-state index contributed by atoms with van der Waals surface area (Å²) in [6.07, 6.45) is 0. The van der Waals surface area contributed by atoms with E-state index in [0.29, 0.717) is 19.0 Å². The Bertz CT molecular complexity index is 527. The lowest BCUT2D eigenvalue weighted by Gasteiger charge is -2.20. The molecule has 0 radical (unpaired) electrons. The van der Waals surface area contributed by atoms with Crippen molar-refractivity contribution in [3.05, 3.63) is 71.8 Å². The fraction of sp³-hybridized carbons (Fsp3) is 0.316. The second-order valence-corrected chi connectivity index (χ2v) is 5.83. The second kappa shape index (κ2) is 8.35. The minimum absolute atomic E-state index is 0.0206. The Kier molecular flexibility index (Phi) is 6.16. The van der Waals surface area contributed by atoms with Crippen LogP contribution in [0, 0.1) is 5.92 Å². The van der Waals surface area contributed by atoms with Crippen LogP contribution < -0.4 is 10.6 Å². The zero-order chi connectivity index (χ0) is 15.8. The monoisotopic (exact) mass is 296 g/mol. The molecule has 0 saturated carbocycles. The van der Waals surface area contributed by atoms with E-state index in [1.807, 2.05) is 36.4 Å². The predicted octanol–water partition coefficient (Wildman–Crippen LogP) is 3.14. The Labute approximate surface area is 132 Å². The van der Waals surface area contributed by atoms with Crippen molar-refractivity contribution in [1.82, 2.24) is 10.6 Å². The third-order valence-corrected chi connectivity index (χ3v) is 3.44. The molecule has 0 heterocycles. The maximum Gasteiger partial charge on any atom is 0.233 e. The number of rotatable bonds is 7. The molecule has 0 atom stereocenters. The lowest BCUT2D eigenvalue weighted by atomic mass is 9.99. The Morgan fingerprint density at radius 1 is 0.909 bits per heavy atom. The highest BCUT2D eigenvalue weighted by molar-refractivity contribution is 5.78. The maximum absolute atomic E-state index is 11.9. The van der Waals surface area contributed by atoms with E-state index in [1.54, 1.807) is 0 Å². The third kappa shape index (κ3) is 5.01. The summed E-state index contributed by atoms with van der Waals surface area (Å²) in [7, 11) is 0. The van der Waals surface area contributed by atoms with E-state index in [0.717, 1.165) is 11.1 Å². The van der Waals surface area contributed by atoms with Gasteiger partial charge in [0.25, 0.3) is 0 Å². The van der Waals surface area contributed by atoms with Gasteiger partial charge in [-0.25, -0.2) is 0 Å². The van der Waals surface area contributed by atoms with Crippen LogP contribution in [-0.2, 0) is 4.79 Å². The molecule has 0 spiro atoms. The van der Waals surface area contributed by atoms with Gasteiger partial charge in [-0.1, -0.05) is 74.5 Å². The van der Waals surface area contributed by atoms with Gasteiger partial charge in [-0.2, -0.15) is 0 Å².